The minimum atomic E-state index is -4.96. The summed E-state index contributed by atoms with van der Waals surface area (Å²) in [5.41, 5.74) is 14.8. The molecule has 243 valence electrons. The standard InChI is InChI=1S/2C19H27.C2H7Si.2ClH.Hf/c2*1-6-7-8-15-9-17-11-16(13(2)3)12-18(14(4)5)19(17)10-15;1-3-2;;;/h2*9-14H,6-8H2,1-5H3;3H,1-2H3;2*1H;/q;;;;;+2/p-2. The number of unbranched alkanes of at least 4 members (excludes halogenated alkanes) is 2. The molecule has 0 saturated carbocycles. The summed E-state index contributed by atoms with van der Waals surface area (Å²) >= 11 is -4.96. The van der Waals surface area contributed by atoms with Crippen LogP contribution in [0, 0.1) is 0 Å². The monoisotopic (exact) mass is 819 g/mol. The molecule has 2 unspecified atom stereocenters. The van der Waals surface area contributed by atoms with Crippen LogP contribution < -0.4 is 0 Å². The number of hydrogen-bond donors (Lipinski definition) is 0. The summed E-state index contributed by atoms with van der Waals surface area (Å²) in [5.74, 6) is 0.283. The molecule has 0 amide bonds. The zero-order valence-electron chi connectivity index (χ0n) is 30.0. The van der Waals surface area contributed by atoms with Crippen LogP contribution in [0.5, 0.6) is 0 Å². The first-order chi connectivity index (χ1) is 20.6. The van der Waals surface area contributed by atoms with Gasteiger partial charge in [0.05, 0.1) is 0 Å². The topological polar surface area (TPSA) is 0 Å². The Morgan fingerprint density at radius 2 is 0.977 bits per heavy atom. The zero-order valence-corrected chi connectivity index (χ0v) is 36.3. The molecule has 4 heteroatoms. The molecule has 2 aromatic carbocycles. The van der Waals surface area contributed by atoms with E-state index in [0.717, 1.165) is 12.8 Å². The molecule has 0 heterocycles. The van der Waals surface area contributed by atoms with E-state index in [2.05, 4.69) is 119 Å². The quantitative estimate of drug-likeness (QED) is 0.177. The van der Waals surface area contributed by atoms with Gasteiger partial charge in [-0.15, -0.1) is 0 Å². The molecular weight excluding hydrogens is 758 g/mol. The predicted octanol–water partition coefficient (Wildman–Crippen LogP) is 14.1. The van der Waals surface area contributed by atoms with Gasteiger partial charge in [-0.1, -0.05) is 0 Å². The molecule has 0 bridgehead atoms. The van der Waals surface area contributed by atoms with E-state index < -0.39 is 21.3 Å². The van der Waals surface area contributed by atoms with E-state index in [4.69, 9.17) is 17.2 Å². The molecule has 2 aromatic rings. The van der Waals surface area contributed by atoms with Crippen molar-refractivity contribution in [3.8, 4) is 0 Å². The van der Waals surface area contributed by atoms with Gasteiger partial charge in [-0.2, -0.15) is 0 Å². The fraction of sp³-hybridized carbons (Fsp3) is 0.600. The molecule has 0 radical (unpaired) electrons. The predicted molar refractivity (Wildman–Crippen MR) is 200 cm³/mol. The summed E-state index contributed by atoms with van der Waals surface area (Å²) in [6.07, 6.45) is 12.1. The average Bonchev–Trinajstić information content (AvgIpc) is 3.52. The van der Waals surface area contributed by atoms with E-state index in [1.54, 1.807) is 11.1 Å². The molecule has 2 atom stereocenters. The van der Waals surface area contributed by atoms with Crippen LogP contribution in [-0.4, -0.2) is 5.98 Å². The van der Waals surface area contributed by atoms with Crippen molar-refractivity contribution in [1.29, 1.82) is 0 Å². The van der Waals surface area contributed by atoms with E-state index in [0.29, 0.717) is 23.7 Å². The molecule has 0 saturated heterocycles. The zero-order chi connectivity index (χ0) is 32.7. The molecular formula is C40H61Cl2HfSi. The van der Waals surface area contributed by atoms with Crippen LogP contribution in [0.4, 0.5) is 0 Å². The number of rotatable bonds is 13. The number of hydrogen-bond acceptors (Lipinski definition) is 0. The number of halogens is 2. The third kappa shape index (κ3) is 6.38. The van der Waals surface area contributed by atoms with Gasteiger partial charge >= 0.3 is 282 Å². The van der Waals surface area contributed by atoms with Crippen molar-refractivity contribution in [2.45, 2.75) is 152 Å². The van der Waals surface area contributed by atoms with Gasteiger partial charge in [0.1, 0.15) is 0 Å². The second-order valence-corrected chi connectivity index (χ2v) is 75.0. The Balaban J connectivity index is 2.12. The summed E-state index contributed by atoms with van der Waals surface area (Å²) in [7, 11) is 17.7. The second-order valence-electron chi connectivity index (χ2n) is 15.7. The third-order valence-corrected chi connectivity index (χ3v) is 83.8. The Hall–Kier alpha value is -0.413. The van der Waals surface area contributed by atoms with Gasteiger partial charge in [-0.3, -0.25) is 0 Å². The Bertz CT molecular complexity index is 1320. The van der Waals surface area contributed by atoms with E-state index in [-0.39, 0.29) is 7.35 Å². The first-order valence-corrected chi connectivity index (χ1v) is 40.1. The first kappa shape index (κ1) is 36.4. The van der Waals surface area contributed by atoms with Gasteiger partial charge in [-0.25, -0.2) is 0 Å². The normalized spacial score (nSPS) is 19.2. The molecule has 2 aliphatic carbocycles. The fourth-order valence-electron chi connectivity index (χ4n) is 8.15. The maximum absolute atomic E-state index is 8.84. The molecule has 2 aliphatic rings. The Morgan fingerprint density at radius 3 is 1.25 bits per heavy atom. The van der Waals surface area contributed by atoms with Crippen molar-refractivity contribution in [3.05, 3.63) is 79.9 Å². The Morgan fingerprint density at radius 1 is 0.614 bits per heavy atom. The SMILES string of the molecule is CCCCC1=Cc2c(C(C)C)cc(C(C)C)cc2[CH]1[Hf]([Cl])([Cl])([CH]1C(CCCC)=Cc2c(C(C)C)cc(C(C)C)cc21)[SiH](C)C. The molecule has 44 heavy (non-hydrogen) atoms. The number of benzene rings is 2. The van der Waals surface area contributed by atoms with E-state index in [1.807, 2.05) is 0 Å². The Labute approximate surface area is 280 Å². The molecule has 0 N–H and O–H groups in total. The molecule has 0 aromatic heterocycles. The molecule has 0 nitrogen and oxygen atoms in total. The summed E-state index contributed by atoms with van der Waals surface area (Å²) in [5, 5.41) is 0. The van der Waals surface area contributed by atoms with Gasteiger partial charge < -0.3 is 0 Å². The van der Waals surface area contributed by atoms with Crippen molar-refractivity contribution < 1.29 is 15.3 Å². The van der Waals surface area contributed by atoms with Crippen LogP contribution in [0.3, 0.4) is 0 Å². The van der Waals surface area contributed by atoms with Crippen molar-refractivity contribution in [1.82, 2.24) is 0 Å². The van der Waals surface area contributed by atoms with E-state index in [1.165, 1.54) is 70.2 Å². The minimum absolute atomic E-state index is 0.200. The number of allylic oxidation sites excluding steroid dienone is 2. The summed E-state index contributed by atoms with van der Waals surface area (Å²) in [6.45, 7) is 28.5. The van der Waals surface area contributed by atoms with Crippen molar-refractivity contribution in [2.75, 3.05) is 0 Å². The van der Waals surface area contributed by atoms with Crippen molar-refractivity contribution in [3.63, 3.8) is 0 Å². The van der Waals surface area contributed by atoms with Gasteiger partial charge in [0.25, 0.3) is 0 Å². The van der Waals surface area contributed by atoms with Crippen LogP contribution in [-0.2, 0) is 15.3 Å². The van der Waals surface area contributed by atoms with Crippen LogP contribution >= 0.6 is 17.2 Å². The van der Waals surface area contributed by atoms with Gasteiger partial charge in [-0.05, 0) is 0 Å². The van der Waals surface area contributed by atoms with E-state index >= 15 is 0 Å². The van der Waals surface area contributed by atoms with Crippen LogP contribution in [0.2, 0.25) is 13.1 Å². The Kier molecular flexibility index (Phi) is 11.6. The third-order valence-electron chi connectivity index (χ3n) is 11.0. The van der Waals surface area contributed by atoms with Crippen molar-refractivity contribution in [2.24, 2.45) is 0 Å². The maximum atomic E-state index is 8.84. The summed E-state index contributed by atoms with van der Waals surface area (Å²) in [4.78, 5) is 0. The number of fused-ring (bicyclic) bond motifs is 2. The van der Waals surface area contributed by atoms with Crippen molar-refractivity contribution >= 4 is 35.3 Å². The fourth-order valence-corrected chi connectivity index (χ4v) is 52.6. The first-order valence-electron chi connectivity index (χ1n) is 17.9. The van der Waals surface area contributed by atoms with Gasteiger partial charge in [0.15, 0.2) is 0 Å². The van der Waals surface area contributed by atoms with Crippen LogP contribution in [0.15, 0.2) is 35.4 Å². The summed E-state index contributed by atoms with van der Waals surface area (Å²) < 4.78 is 0.400. The molecule has 0 aliphatic heterocycles. The van der Waals surface area contributed by atoms with Crippen LogP contribution in [0.25, 0.3) is 12.2 Å². The average molecular weight is 819 g/mol. The van der Waals surface area contributed by atoms with E-state index in [9.17, 15) is 0 Å². The summed E-state index contributed by atoms with van der Waals surface area (Å²) in [6, 6.07) is 10.1. The van der Waals surface area contributed by atoms with Gasteiger partial charge in [0.2, 0.25) is 0 Å². The van der Waals surface area contributed by atoms with Crippen LogP contribution in [0.1, 0.15) is 183 Å². The van der Waals surface area contributed by atoms with Gasteiger partial charge in [0, 0.05) is 0 Å². The molecule has 0 fully saturated rings. The molecule has 0 spiro atoms. The molecule has 4 rings (SSSR count). The second kappa shape index (κ2) is 14.0.